The number of aromatic hydroxyl groups is 1. The highest BCUT2D eigenvalue weighted by Crippen LogP contribution is 2.55. The number of nitro groups is 3. The van der Waals surface area contributed by atoms with Crippen molar-refractivity contribution in [2.45, 2.75) is 0 Å². The van der Waals surface area contributed by atoms with Crippen LogP contribution in [0.15, 0.2) is 10.2 Å². The van der Waals surface area contributed by atoms with Gasteiger partial charge in [-0.25, -0.2) is 0 Å². The van der Waals surface area contributed by atoms with E-state index >= 15 is 0 Å². The summed E-state index contributed by atoms with van der Waals surface area (Å²) in [5.74, 6) is -1.65. The zero-order chi connectivity index (χ0) is 17.0. The summed E-state index contributed by atoms with van der Waals surface area (Å²) in [5.41, 5.74) is 9.37. The lowest BCUT2D eigenvalue weighted by Gasteiger charge is -2.05. The predicted molar refractivity (Wildman–Crippen MR) is 65.7 cm³/mol. The van der Waals surface area contributed by atoms with Crippen LogP contribution in [0.4, 0.5) is 28.4 Å². The Hall–Kier alpha value is -4.16. The first-order chi connectivity index (χ1) is 10.3. The summed E-state index contributed by atoms with van der Waals surface area (Å²) in [6.45, 7) is 0. The van der Waals surface area contributed by atoms with E-state index in [2.05, 4.69) is 20.1 Å². The summed E-state index contributed by atoms with van der Waals surface area (Å²) < 4.78 is 0. The standard InChI is InChI=1S/C6HN9O7/c7-11-9-1-3(13(17)18)2(10-12-8)5(15(21)22)6(16)4(1)14(19)20/h16H. The van der Waals surface area contributed by atoms with E-state index in [1.54, 1.807) is 0 Å². The second-order valence-electron chi connectivity index (χ2n) is 3.24. The topological polar surface area (TPSA) is 247 Å². The van der Waals surface area contributed by atoms with Crippen molar-refractivity contribution in [2.75, 3.05) is 0 Å². The maximum absolute atomic E-state index is 11.0. The fraction of sp³-hybridized carbons (Fsp3) is 0. The van der Waals surface area contributed by atoms with Crippen LogP contribution in [0.2, 0.25) is 0 Å². The molecule has 1 aromatic carbocycles. The molecule has 0 aliphatic carbocycles. The number of phenolic OH excluding ortho intramolecular Hbond substituents is 1. The minimum atomic E-state index is -1.65. The Bertz CT molecular complexity index is 746. The number of nitrogens with zero attached hydrogens (tertiary/aromatic N) is 9. The van der Waals surface area contributed by atoms with Crippen LogP contribution in [0.5, 0.6) is 5.75 Å². The van der Waals surface area contributed by atoms with Crippen LogP contribution in [-0.2, 0) is 0 Å². The fourth-order valence-corrected chi connectivity index (χ4v) is 1.47. The average Bonchev–Trinajstić information content (AvgIpc) is 2.37. The second kappa shape index (κ2) is 5.87. The van der Waals surface area contributed by atoms with E-state index in [9.17, 15) is 35.4 Å². The number of rotatable bonds is 5. The van der Waals surface area contributed by atoms with E-state index in [4.69, 9.17) is 11.1 Å². The highest BCUT2D eigenvalue weighted by molar-refractivity contribution is 5.91. The van der Waals surface area contributed by atoms with Gasteiger partial charge in [-0.15, -0.1) is 0 Å². The van der Waals surface area contributed by atoms with Crippen LogP contribution in [0.1, 0.15) is 0 Å². The SMILES string of the molecule is [N-]=[N+]=Nc1c([N+](=O)[O-])c(O)c([N+](=O)[O-])c(N=[N+]=[N-])c1[N+](=O)[O-]. The molecule has 0 spiro atoms. The van der Waals surface area contributed by atoms with Gasteiger partial charge in [0.25, 0.3) is 5.75 Å². The summed E-state index contributed by atoms with van der Waals surface area (Å²) in [6.07, 6.45) is 0. The van der Waals surface area contributed by atoms with Crippen LogP contribution < -0.4 is 0 Å². The summed E-state index contributed by atoms with van der Waals surface area (Å²) in [4.78, 5) is 32.7. The molecule has 0 heterocycles. The van der Waals surface area contributed by atoms with Gasteiger partial charge in [-0.05, 0) is 21.3 Å². The van der Waals surface area contributed by atoms with Crippen molar-refractivity contribution in [3.05, 3.63) is 51.2 Å². The van der Waals surface area contributed by atoms with E-state index in [-0.39, 0.29) is 0 Å². The quantitative estimate of drug-likeness (QED) is 0.279. The molecule has 0 aliphatic heterocycles. The highest BCUT2D eigenvalue weighted by Gasteiger charge is 2.41. The molecule has 0 aromatic heterocycles. The van der Waals surface area contributed by atoms with E-state index in [1.807, 2.05) is 0 Å². The molecular weight excluding hydrogens is 310 g/mol. The van der Waals surface area contributed by atoms with E-state index < -0.39 is 49.0 Å². The summed E-state index contributed by atoms with van der Waals surface area (Å²) in [5, 5.41) is 47.6. The molecule has 0 fully saturated rings. The largest absolute Gasteiger partial charge is 0.497 e. The third-order valence-electron chi connectivity index (χ3n) is 2.18. The normalized spacial score (nSPS) is 9.27. The van der Waals surface area contributed by atoms with Crippen molar-refractivity contribution in [1.82, 2.24) is 0 Å². The van der Waals surface area contributed by atoms with Crippen molar-refractivity contribution in [3.8, 4) is 5.75 Å². The molecule has 0 saturated heterocycles. The minimum absolute atomic E-state index is 1.33. The molecule has 112 valence electrons. The minimum Gasteiger partial charge on any atom is -0.497 e. The van der Waals surface area contributed by atoms with Gasteiger partial charge in [-0.3, -0.25) is 30.3 Å². The maximum Gasteiger partial charge on any atom is 0.334 e. The number of hydrogen-bond donors (Lipinski definition) is 1. The first kappa shape index (κ1) is 15.9. The Morgan fingerprint density at radius 3 is 1.36 bits per heavy atom. The third kappa shape index (κ3) is 2.44. The molecule has 0 amide bonds. The van der Waals surface area contributed by atoms with E-state index in [0.717, 1.165) is 0 Å². The lowest BCUT2D eigenvalue weighted by molar-refractivity contribution is -0.402. The zero-order valence-corrected chi connectivity index (χ0v) is 9.92. The van der Waals surface area contributed by atoms with Crippen molar-refractivity contribution in [3.63, 3.8) is 0 Å². The molecule has 0 atom stereocenters. The fourth-order valence-electron chi connectivity index (χ4n) is 1.47. The first-order valence-electron chi connectivity index (χ1n) is 4.74. The van der Waals surface area contributed by atoms with Crippen molar-refractivity contribution in [1.29, 1.82) is 0 Å². The summed E-state index contributed by atoms with van der Waals surface area (Å²) in [6, 6.07) is 0. The van der Waals surface area contributed by atoms with Crippen molar-refractivity contribution < 1.29 is 19.9 Å². The Labute approximate surface area is 116 Å². The molecule has 16 heteroatoms. The smallest absolute Gasteiger partial charge is 0.334 e. The molecule has 0 radical (unpaired) electrons. The molecule has 22 heavy (non-hydrogen) atoms. The van der Waals surface area contributed by atoms with Gasteiger partial charge in [-0.1, -0.05) is 0 Å². The van der Waals surface area contributed by atoms with Gasteiger partial charge in [-0.2, -0.15) is 0 Å². The zero-order valence-electron chi connectivity index (χ0n) is 9.92. The molecule has 1 aromatic rings. The molecule has 0 saturated carbocycles. The van der Waals surface area contributed by atoms with Crippen LogP contribution in [0.3, 0.4) is 0 Å². The number of azide groups is 2. The molecule has 16 nitrogen and oxygen atoms in total. The first-order valence-corrected chi connectivity index (χ1v) is 4.74. The third-order valence-corrected chi connectivity index (χ3v) is 2.18. The van der Waals surface area contributed by atoms with Gasteiger partial charge < -0.3 is 5.11 Å². The molecular formula is C6HN9O7. The van der Waals surface area contributed by atoms with Crippen LogP contribution in [0.25, 0.3) is 20.9 Å². The summed E-state index contributed by atoms with van der Waals surface area (Å²) >= 11 is 0. The van der Waals surface area contributed by atoms with Gasteiger partial charge >= 0.3 is 17.1 Å². The van der Waals surface area contributed by atoms with Gasteiger partial charge in [0.05, 0.1) is 14.8 Å². The maximum atomic E-state index is 11.0. The molecule has 0 unspecified atom stereocenters. The van der Waals surface area contributed by atoms with Gasteiger partial charge in [0.15, 0.2) is 11.4 Å². The lowest BCUT2D eigenvalue weighted by Crippen LogP contribution is -2.00. The van der Waals surface area contributed by atoms with Gasteiger partial charge in [0, 0.05) is 9.82 Å². The Morgan fingerprint density at radius 1 is 0.818 bits per heavy atom. The molecule has 0 aliphatic rings. The van der Waals surface area contributed by atoms with Crippen molar-refractivity contribution >= 4 is 28.4 Å². The predicted octanol–water partition coefficient (Wildman–Crippen LogP) is 3.00. The number of phenols is 1. The Morgan fingerprint density at radius 2 is 1.14 bits per heavy atom. The number of benzene rings is 1. The highest BCUT2D eigenvalue weighted by atomic mass is 16.6. The van der Waals surface area contributed by atoms with Crippen LogP contribution in [-0.4, -0.2) is 19.9 Å². The van der Waals surface area contributed by atoms with Crippen LogP contribution in [0, 0.1) is 30.3 Å². The van der Waals surface area contributed by atoms with Crippen molar-refractivity contribution in [2.24, 2.45) is 10.2 Å². The number of nitro benzene ring substituents is 3. The van der Waals surface area contributed by atoms with E-state index in [1.165, 1.54) is 0 Å². The lowest BCUT2D eigenvalue weighted by atomic mass is 10.1. The van der Waals surface area contributed by atoms with E-state index in [0.29, 0.717) is 0 Å². The van der Waals surface area contributed by atoms with Gasteiger partial charge in [0.2, 0.25) is 0 Å². The molecule has 1 N–H and O–H groups in total. The summed E-state index contributed by atoms with van der Waals surface area (Å²) in [7, 11) is 0. The number of hydrogen-bond acceptors (Lipinski definition) is 9. The molecule has 1 rings (SSSR count). The molecule has 0 bridgehead atoms. The second-order valence-corrected chi connectivity index (χ2v) is 3.24. The Balaban J connectivity index is 4.29. The van der Waals surface area contributed by atoms with Crippen LogP contribution >= 0.6 is 0 Å². The average molecular weight is 311 g/mol. The Kier molecular flexibility index (Phi) is 4.24. The van der Waals surface area contributed by atoms with Gasteiger partial charge in [0.1, 0.15) is 0 Å². The monoisotopic (exact) mass is 311 g/mol.